The summed E-state index contributed by atoms with van der Waals surface area (Å²) in [5.74, 6) is 0.914. The molecule has 154 valence electrons. The molecular formula is C18H23ClN2O5S2. The molecule has 28 heavy (non-hydrogen) atoms. The second kappa shape index (κ2) is 8.12. The van der Waals surface area contributed by atoms with Crippen LogP contribution < -0.4 is 14.4 Å². The van der Waals surface area contributed by atoms with E-state index in [1.54, 1.807) is 17.0 Å². The summed E-state index contributed by atoms with van der Waals surface area (Å²) < 4.78 is 35.1. The zero-order chi connectivity index (χ0) is 20.6. The number of carbonyl (C=O) groups is 1. The van der Waals surface area contributed by atoms with Gasteiger partial charge in [-0.2, -0.15) is 4.99 Å². The van der Waals surface area contributed by atoms with Crippen LogP contribution in [0.15, 0.2) is 17.1 Å². The van der Waals surface area contributed by atoms with Crippen LogP contribution in [0.3, 0.4) is 0 Å². The first-order valence-electron chi connectivity index (χ1n) is 8.84. The maximum atomic E-state index is 12.3. The van der Waals surface area contributed by atoms with Gasteiger partial charge in [0.2, 0.25) is 5.91 Å². The predicted molar refractivity (Wildman–Crippen MR) is 113 cm³/mol. The first kappa shape index (κ1) is 21.3. The molecule has 0 aliphatic carbocycles. The van der Waals surface area contributed by atoms with E-state index in [1.807, 2.05) is 13.8 Å². The number of methoxy groups -OCH3 is 2. The monoisotopic (exact) mass is 446 g/mol. The van der Waals surface area contributed by atoms with E-state index in [0.29, 0.717) is 33.8 Å². The third kappa shape index (κ3) is 4.26. The number of benzene rings is 1. The fourth-order valence-electron chi connectivity index (χ4n) is 3.38. The van der Waals surface area contributed by atoms with Gasteiger partial charge in [-0.15, -0.1) is 0 Å². The van der Waals surface area contributed by atoms with Gasteiger partial charge in [-0.05, 0) is 12.0 Å². The smallest absolute Gasteiger partial charge is 0.248 e. The van der Waals surface area contributed by atoms with Gasteiger partial charge in [-0.1, -0.05) is 37.2 Å². The number of ether oxygens (including phenoxy) is 2. The Kier molecular flexibility index (Phi) is 6.17. The Bertz CT molecular complexity index is 917. The zero-order valence-electron chi connectivity index (χ0n) is 16.1. The maximum absolute atomic E-state index is 12.3. The van der Waals surface area contributed by atoms with Gasteiger partial charge in [-0.3, -0.25) is 4.79 Å². The number of anilines is 1. The number of amides is 1. The van der Waals surface area contributed by atoms with Crippen LogP contribution in [-0.4, -0.2) is 56.5 Å². The number of hydrogen-bond acceptors (Lipinski definition) is 6. The predicted octanol–water partition coefficient (Wildman–Crippen LogP) is 3.00. The molecule has 0 bridgehead atoms. The second-order valence-electron chi connectivity index (χ2n) is 7.22. The Morgan fingerprint density at radius 2 is 1.96 bits per heavy atom. The summed E-state index contributed by atoms with van der Waals surface area (Å²) >= 11 is 7.64. The molecule has 7 nitrogen and oxygen atoms in total. The second-order valence-corrected chi connectivity index (χ2v) is 11.0. The van der Waals surface area contributed by atoms with Gasteiger partial charge in [0.1, 0.15) is 11.5 Å². The molecule has 2 fully saturated rings. The van der Waals surface area contributed by atoms with Crippen LogP contribution in [0.25, 0.3) is 0 Å². The molecule has 1 aromatic carbocycles. The third-order valence-electron chi connectivity index (χ3n) is 4.58. The summed E-state index contributed by atoms with van der Waals surface area (Å²) in [4.78, 5) is 18.4. The highest BCUT2D eigenvalue weighted by Gasteiger charge is 2.50. The fourth-order valence-corrected chi connectivity index (χ4v) is 7.54. The highest BCUT2D eigenvalue weighted by molar-refractivity contribution is 8.16. The molecule has 2 heterocycles. The van der Waals surface area contributed by atoms with E-state index in [-0.39, 0.29) is 34.6 Å². The van der Waals surface area contributed by atoms with Gasteiger partial charge in [0.15, 0.2) is 15.0 Å². The number of carbonyl (C=O) groups excluding carboxylic acids is 1. The highest BCUT2D eigenvalue weighted by atomic mass is 35.5. The number of halogens is 1. The minimum Gasteiger partial charge on any atom is -0.495 e. The average Bonchev–Trinajstić information content (AvgIpc) is 3.04. The Labute approximate surface area is 174 Å². The first-order chi connectivity index (χ1) is 13.1. The van der Waals surface area contributed by atoms with Crippen molar-refractivity contribution in [3.8, 4) is 11.5 Å². The molecule has 1 amide bonds. The van der Waals surface area contributed by atoms with Crippen LogP contribution in [0.4, 0.5) is 5.69 Å². The largest absolute Gasteiger partial charge is 0.495 e. The van der Waals surface area contributed by atoms with E-state index >= 15 is 0 Å². The van der Waals surface area contributed by atoms with Crippen molar-refractivity contribution < 1.29 is 22.7 Å². The zero-order valence-corrected chi connectivity index (χ0v) is 18.5. The van der Waals surface area contributed by atoms with Crippen LogP contribution >= 0.6 is 23.4 Å². The minimum absolute atomic E-state index is 0.00510. The number of fused-ring (bicyclic) bond motifs is 1. The lowest BCUT2D eigenvalue weighted by Crippen LogP contribution is -2.38. The summed E-state index contributed by atoms with van der Waals surface area (Å²) in [5.41, 5.74) is 0.571. The Morgan fingerprint density at radius 1 is 1.29 bits per heavy atom. The lowest BCUT2D eigenvalue weighted by molar-refractivity contribution is -0.118. The topological polar surface area (TPSA) is 85.3 Å². The van der Waals surface area contributed by atoms with Crippen LogP contribution in [0.2, 0.25) is 5.02 Å². The van der Waals surface area contributed by atoms with Gasteiger partial charge >= 0.3 is 0 Å². The van der Waals surface area contributed by atoms with E-state index in [9.17, 15) is 13.2 Å². The standard InChI is InChI=1S/C18H23ClN2O5S2/c1-10(2)5-17(22)20-18-21(13-8-28(23,24)9-16(13)27-18)12-6-11(19)14(25-3)7-15(12)26-4/h6-7,10,13,16H,5,8-9H2,1-4H3/t13-,16+/m1/s1. The number of nitrogens with zero attached hydrogens (tertiary/aromatic N) is 2. The van der Waals surface area contributed by atoms with Crippen LogP contribution in [0, 0.1) is 5.92 Å². The average molecular weight is 447 g/mol. The van der Waals surface area contributed by atoms with Crippen LogP contribution in [-0.2, 0) is 14.6 Å². The van der Waals surface area contributed by atoms with Crippen molar-refractivity contribution in [2.24, 2.45) is 10.9 Å². The number of aliphatic imine (C=N–C) groups is 1. The van der Waals surface area contributed by atoms with Crippen molar-refractivity contribution in [3.05, 3.63) is 17.2 Å². The molecule has 0 radical (unpaired) electrons. The highest BCUT2D eigenvalue weighted by Crippen LogP contribution is 2.46. The number of sulfone groups is 1. The molecule has 3 rings (SSSR count). The van der Waals surface area contributed by atoms with E-state index in [0.717, 1.165) is 0 Å². The van der Waals surface area contributed by atoms with E-state index in [4.69, 9.17) is 21.1 Å². The van der Waals surface area contributed by atoms with Gasteiger partial charge in [0.05, 0.1) is 42.5 Å². The molecule has 2 aliphatic heterocycles. The molecule has 1 aromatic rings. The van der Waals surface area contributed by atoms with E-state index in [2.05, 4.69) is 4.99 Å². The number of rotatable bonds is 5. The van der Waals surface area contributed by atoms with Gasteiger partial charge in [-0.25, -0.2) is 8.42 Å². The molecule has 2 atom stereocenters. The van der Waals surface area contributed by atoms with Gasteiger partial charge < -0.3 is 14.4 Å². The number of amidine groups is 1. The van der Waals surface area contributed by atoms with E-state index in [1.165, 1.54) is 26.0 Å². The summed E-state index contributed by atoms with van der Waals surface area (Å²) in [5, 5.41) is 0.650. The summed E-state index contributed by atoms with van der Waals surface area (Å²) in [6, 6.07) is 2.97. The van der Waals surface area contributed by atoms with Crippen molar-refractivity contribution in [2.45, 2.75) is 31.6 Å². The lowest BCUT2D eigenvalue weighted by Gasteiger charge is -2.27. The van der Waals surface area contributed by atoms with Crippen molar-refractivity contribution >= 4 is 50.0 Å². The molecule has 0 saturated carbocycles. The van der Waals surface area contributed by atoms with E-state index < -0.39 is 9.84 Å². The minimum atomic E-state index is -3.16. The van der Waals surface area contributed by atoms with Crippen molar-refractivity contribution in [1.29, 1.82) is 0 Å². The van der Waals surface area contributed by atoms with Crippen molar-refractivity contribution in [2.75, 3.05) is 30.6 Å². The third-order valence-corrected chi connectivity index (χ3v) is 8.09. The molecule has 0 unspecified atom stereocenters. The SMILES string of the molecule is COc1cc(OC)c(N2C(=NC(=O)CC(C)C)S[C@H]3CS(=O)(=O)C[C@H]32)cc1Cl. The van der Waals surface area contributed by atoms with Crippen molar-refractivity contribution in [1.82, 2.24) is 0 Å². The lowest BCUT2D eigenvalue weighted by atomic mass is 10.1. The quantitative estimate of drug-likeness (QED) is 0.687. The molecule has 0 spiro atoms. The number of thioether (sulfide) groups is 1. The molecule has 0 aromatic heterocycles. The Balaban J connectivity index is 2.08. The maximum Gasteiger partial charge on any atom is 0.248 e. The molecule has 0 N–H and O–H groups in total. The summed E-state index contributed by atoms with van der Waals surface area (Å²) in [6.45, 7) is 3.90. The molecule has 10 heteroatoms. The van der Waals surface area contributed by atoms with Gasteiger partial charge in [0.25, 0.3) is 0 Å². The molecular weight excluding hydrogens is 424 g/mol. The first-order valence-corrected chi connectivity index (χ1v) is 11.9. The van der Waals surface area contributed by atoms with Crippen LogP contribution in [0.5, 0.6) is 11.5 Å². The number of hydrogen-bond donors (Lipinski definition) is 0. The van der Waals surface area contributed by atoms with Gasteiger partial charge in [0, 0.05) is 17.7 Å². The molecule has 2 aliphatic rings. The fraction of sp³-hybridized carbons (Fsp3) is 0.556. The summed E-state index contributed by atoms with van der Waals surface area (Å²) in [7, 11) is -0.145. The van der Waals surface area contributed by atoms with Crippen molar-refractivity contribution in [3.63, 3.8) is 0 Å². The Hall–Kier alpha value is -1.45. The Morgan fingerprint density at radius 3 is 2.57 bits per heavy atom. The van der Waals surface area contributed by atoms with Crippen LogP contribution in [0.1, 0.15) is 20.3 Å². The summed E-state index contributed by atoms with van der Waals surface area (Å²) in [6.07, 6.45) is 0.325. The molecule has 2 saturated heterocycles. The normalized spacial score (nSPS) is 24.6.